The van der Waals surface area contributed by atoms with Gasteiger partial charge in [0.1, 0.15) is 10.2 Å². The van der Waals surface area contributed by atoms with E-state index >= 15 is 0 Å². The normalized spacial score (nSPS) is 11.9. The van der Waals surface area contributed by atoms with Gasteiger partial charge in [0.05, 0.1) is 7.11 Å². The van der Waals surface area contributed by atoms with Crippen LogP contribution in [0.3, 0.4) is 0 Å². The third kappa shape index (κ3) is 3.99. The molecule has 0 bridgehead atoms. The summed E-state index contributed by atoms with van der Waals surface area (Å²) in [6.07, 6.45) is 0.743. The first-order valence-corrected chi connectivity index (χ1v) is 7.13. The van der Waals surface area contributed by atoms with Crippen LogP contribution in [0, 0.1) is 0 Å². The van der Waals surface area contributed by atoms with Crippen molar-refractivity contribution in [2.45, 2.75) is 24.3 Å². The highest BCUT2D eigenvalue weighted by atomic mass is 32.2. The maximum absolute atomic E-state index is 11.5. The van der Waals surface area contributed by atoms with Gasteiger partial charge < -0.3 is 10.5 Å². The molecule has 0 aliphatic rings. The molecule has 98 valence electrons. The fourth-order valence-corrected chi connectivity index (χ4v) is 2.86. The van der Waals surface area contributed by atoms with Crippen molar-refractivity contribution in [1.29, 1.82) is 0 Å². The summed E-state index contributed by atoms with van der Waals surface area (Å²) in [5.41, 5.74) is 7.60. The lowest BCUT2D eigenvalue weighted by Crippen LogP contribution is -2.18. The van der Waals surface area contributed by atoms with Crippen molar-refractivity contribution < 1.29 is 9.53 Å². The van der Waals surface area contributed by atoms with E-state index in [0.717, 1.165) is 17.5 Å². The number of benzene rings is 1. The smallest absolute Gasteiger partial charge is 0.318 e. The highest BCUT2D eigenvalue weighted by molar-refractivity contribution is 7.99. The van der Waals surface area contributed by atoms with Gasteiger partial charge in [0.25, 0.3) is 0 Å². The summed E-state index contributed by atoms with van der Waals surface area (Å²) in [6.45, 7) is 1.97. The molecule has 1 atom stereocenters. The number of rotatable bonds is 6. The number of methoxy groups -OCH3 is 1. The van der Waals surface area contributed by atoms with Gasteiger partial charge in [-0.3, -0.25) is 4.79 Å². The van der Waals surface area contributed by atoms with E-state index in [9.17, 15) is 4.79 Å². The molecule has 18 heavy (non-hydrogen) atoms. The van der Waals surface area contributed by atoms with Gasteiger partial charge in [-0.05, 0) is 12.0 Å². The van der Waals surface area contributed by atoms with E-state index in [-0.39, 0.29) is 11.2 Å². The largest absolute Gasteiger partial charge is 0.468 e. The Balaban J connectivity index is 2.73. The molecule has 0 fully saturated rings. The molecule has 3 nitrogen and oxygen atoms in total. The third-order valence-corrected chi connectivity index (χ3v) is 4.18. The lowest BCUT2D eigenvalue weighted by atomic mass is 10.1. The van der Waals surface area contributed by atoms with Crippen LogP contribution in [0.25, 0.3) is 0 Å². The van der Waals surface area contributed by atoms with Crippen molar-refractivity contribution in [3.05, 3.63) is 35.4 Å². The summed E-state index contributed by atoms with van der Waals surface area (Å²) in [4.78, 5) is 11.9. The zero-order chi connectivity index (χ0) is 13.5. The minimum atomic E-state index is -0.185. The average Bonchev–Trinajstić information content (AvgIpc) is 2.39. The van der Waals surface area contributed by atoms with E-state index < -0.39 is 0 Å². The first kappa shape index (κ1) is 15.0. The summed E-state index contributed by atoms with van der Waals surface area (Å²) >= 11 is 6.56. The van der Waals surface area contributed by atoms with E-state index in [1.807, 2.05) is 31.2 Å². The summed E-state index contributed by atoms with van der Waals surface area (Å²) in [7, 11) is 1.41. The van der Waals surface area contributed by atoms with Gasteiger partial charge >= 0.3 is 5.97 Å². The maximum Gasteiger partial charge on any atom is 0.318 e. The van der Waals surface area contributed by atoms with Crippen molar-refractivity contribution in [1.82, 2.24) is 0 Å². The highest BCUT2D eigenvalue weighted by Crippen LogP contribution is 2.23. The molecule has 0 saturated heterocycles. The quantitative estimate of drug-likeness (QED) is 0.642. The fourth-order valence-electron chi connectivity index (χ4n) is 1.56. The summed E-state index contributed by atoms with van der Waals surface area (Å²) in [5, 5.41) is -0.144. The SMILES string of the molecule is CCC(SCc1ccccc1C(N)=S)C(=O)OC. The van der Waals surface area contributed by atoms with Gasteiger partial charge in [0.2, 0.25) is 0 Å². The zero-order valence-electron chi connectivity index (χ0n) is 10.5. The Kier molecular flexibility index (Phi) is 6.15. The Hall–Kier alpha value is -1.07. The molecule has 1 unspecified atom stereocenters. The predicted molar refractivity (Wildman–Crippen MR) is 79.7 cm³/mol. The zero-order valence-corrected chi connectivity index (χ0v) is 12.1. The van der Waals surface area contributed by atoms with Crippen molar-refractivity contribution in [2.75, 3.05) is 7.11 Å². The van der Waals surface area contributed by atoms with Crippen LogP contribution in [0.5, 0.6) is 0 Å². The molecular weight excluding hydrogens is 266 g/mol. The van der Waals surface area contributed by atoms with Gasteiger partial charge in [-0.15, -0.1) is 11.8 Å². The number of ether oxygens (including phenoxy) is 1. The van der Waals surface area contributed by atoms with Gasteiger partial charge in [-0.25, -0.2) is 0 Å². The van der Waals surface area contributed by atoms with Gasteiger partial charge in [0, 0.05) is 11.3 Å². The number of thioether (sulfide) groups is 1. The molecule has 1 rings (SSSR count). The monoisotopic (exact) mass is 283 g/mol. The number of carbonyl (C=O) groups is 1. The first-order chi connectivity index (χ1) is 8.60. The Labute approximate surface area is 117 Å². The van der Waals surface area contributed by atoms with Crippen LogP contribution in [0.15, 0.2) is 24.3 Å². The number of hydrogen-bond donors (Lipinski definition) is 1. The van der Waals surface area contributed by atoms with E-state index in [0.29, 0.717) is 10.7 Å². The molecule has 0 heterocycles. The van der Waals surface area contributed by atoms with Crippen molar-refractivity contribution in [3.8, 4) is 0 Å². The van der Waals surface area contributed by atoms with Gasteiger partial charge in [-0.2, -0.15) is 0 Å². The van der Waals surface area contributed by atoms with Gasteiger partial charge in [-0.1, -0.05) is 43.4 Å². The Morgan fingerprint density at radius 1 is 1.50 bits per heavy atom. The van der Waals surface area contributed by atoms with Crippen LogP contribution < -0.4 is 5.73 Å². The molecule has 0 amide bonds. The molecular formula is C13H17NO2S2. The predicted octanol–water partition coefficient (Wildman–Crippen LogP) is 2.51. The number of thiocarbonyl (C=S) groups is 1. The van der Waals surface area contributed by atoms with E-state index in [1.54, 1.807) is 11.8 Å². The summed E-state index contributed by atoms with van der Waals surface area (Å²) in [6, 6.07) is 7.72. The standard InChI is InChI=1S/C13H17NO2S2/c1-3-11(13(15)16-2)18-8-9-6-4-5-7-10(9)12(14)17/h4-7,11H,3,8H2,1-2H3,(H2,14,17). The van der Waals surface area contributed by atoms with Crippen LogP contribution >= 0.6 is 24.0 Å². The second-order valence-electron chi connectivity index (χ2n) is 3.75. The fraction of sp³-hybridized carbons (Fsp3) is 0.385. The van der Waals surface area contributed by atoms with Crippen LogP contribution in [-0.2, 0) is 15.3 Å². The minimum absolute atomic E-state index is 0.144. The lowest BCUT2D eigenvalue weighted by Gasteiger charge is -2.13. The molecule has 0 radical (unpaired) electrons. The number of hydrogen-bond acceptors (Lipinski definition) is 4. The number of esters is 1. The lowest BCUT2D eigenvalue weighted by molar-refractivity contribution is -0.140. The topological polar surface area (TPSA) is 52.3 Å². The van der Waals surface area contributed by atoms with Crippen molar-refractivity contribution >= 4 is 34.9 Å². The van der Waals surface area contributed by atoms with Gasteiger partial charge in [0.15, 0.2) is 0 Å². The van der Waals surface area contributed by atoms with E-state index in [2.05, 4.69) is 0 Å². The van der Waals surface area contributed by atoms with Crippen LogP contribution in [0.1, 0.15) is 24.5 Å². The van der Waals surface area contributed by atoms with Crippen molar-refractivity contribution in [2.24, 2.45) is 5.73 Å². The van der Waals surface area contributed by atoms with E-state index in [4.69, 9.17) is 22.7 Å². The Morgan fingerprint density at radius 3 is 2.72 bits per heavy atom. The van der Waals surface area contributed by atoms with Crippen molar-refractivity contribution in [3.63, 3.8) is 0 Å². The van der Waals surface area contributed by atoms with Crippen LogP contribution in [0.4, 0.5) is 0 Å². The molecule has 0 saturated carbocycles. The average molecular weight is 283 g/mol. The molecule has 0 spiro atoms. The molecule has 0 aliphatic heterocycles. The Bertz CT molecular complexity index is 435. The second kappa shape index (κ2) is 7.38. The minimum Gasteiger partial charge on any atom is -0.468 e. The molecule has 5 heteroatoms. The molecule has 0 aromatic heterocycles. The summed E-state index contributed by atoms with van der Waals surface area (Å²) < 4.78 is 4.76. The number of nitrogens with two attached hydrogens (primary N) is 1. The third-order valence-electron chi connectivity index (χ3n) is 2.56. The second-order valence-corrected chi connectivity index (χ2v) is 5.38. The van der Waals surface area contributed by atoms with E-state index in [1.165, 1.54) is 7.11 Å². The molecule has 2 N–H and O–H groups in total. The Morgan fingerprint density at radius 2 is 2.17 bits per heavy atom. The molecule has 1 aromatic carbocycles. The summed E-state index contributed by atoms with van der Waals surface area (Å²) in [5.74, 6) is 0.511. The van der Waals surface area contributed by atoms with Crippen LogP contribution in [0.2, 0.25) is 0 Å². The molecule has 0 aliphatic carbocycles. The molecule has 1 aromatic rings. The maximum atomic E-state index is 11.5. The number of carbonyl (C=O) groups excluding carboxylic acids is 1. The first-order valence-electron chi connectivity index (χ1n) is 5.67. The van der Waals surface area contributed by atoms with Crippen LogP contribution in [-0.4, -0.2) is 23.3 Å². The highest BCUT2D eigenvalue weighted by Gasteiger charge is 2.18.